The van der Waals surface area contributed by atoms with E-state index in [1.807, 2.05) is 19.9 Å². The zero-order valence-corrected chi connectivity index (χ0v) is 20.6. The monoisotopic (exact) mass is 481 g/mol. The summed E-state index contributed by atoms with van der Waals surface area (Å²) in [7, 11) is 0. The Hall–Kier alpha value is -3.10. The molecule has 0 bridgehead atoms. The molecule has 0 spiro atoms. The predicted octanol–water partition coefficient (Wildman–Crippen LogP) is 2.19. The number of fused-ring (bicyclic) bond motifs is 2. The first-order chi connectivity index (χ1) is 17.0. The van der Waals surface area contributed by atoms with E-state index in [4.69, 9.17) is 9.47 Å². The Morgan fingerprint density at radius 2 is 1.89 bits per heavy atom. The van der Waals surface area contributed by atoms with E-state index < -0.39 is 6.10 Å². The van der Waals surface area contributed by atoms with Crippen LogP contribution in [0.2, 0.25) is 0 Å². The molecule has 0 radical (unpaired) electrons. The van der Waals surface area contributed by atoms with Crippen molar-refractivity contribution in [2.24, 2.45) is 0 Å². The molecule has 188 valence electrons. The largest absolute Gasteiger partial charge is 0.491 e. The molecule has 2 amide bonds. The van der Waals surface area contributed by atoms with E-state index in [1.165, 1.54) is 11.1 Å². The number of likely N-dealkylation sites (N-methyl/N-ethyl adjacent to an activating group) is 1. The van der Waals surface area contributed by atoms with Crippen molar-refractivity contribution in [3.8, 4) is 11.5 Å². The van der Waals surface area contributed by atoms with Crippen LogP contribution in [0.25, 0.3) is 0 Å². The average Bonchev–Trinajstić information content (AvgIpc) is 3.01. The third kappa shape index (κ3) is 6.13. The average molecular weight is 482 g/mol. The number of aliphatic hydroxyl groups is 1. The van der Waals surface area contributed by atoms with Gasteiger partial charge >= 0.3 is 0 Å². The second-order valence-electron chi connectivity index (χ2n) is 9.02. The Morgan fingerprint density at radius 3 is 2.66 bits per heavy atom. The zero-order valence-electron chi connectivity index (χ0n) is 20.6. The molecule has 0 aromatic heterocycles. The smallest absolute Gasteiger partial charge is 0.260 e. The lowest BCUT2D eigenvalue weighted by molar-refractivity contribution is -0.132. The third-order valence-electron chi connectivity index (χ3n) is 6.68. The zero-order chi connectivity index (χ0) is 24.8. The van der Waals surface area contributed by atoms with Crippen LogP contribution in [0.1, 0.15) is 35.3 Å². The minimum Gasteiger partial charge on any atom is -0.491 e. The number of rotatable bonds is 9. The molecule has 2 aliphatic heterocycles. The maximum Gasteiger partial charge on any atom is 0.260 e. The van der Waals surface area contributed by atoms with E-state index >= 15 is 0 Å². The van der Waals surface area contributed by atoms with Gasteiger partial charge in [-0.3, -0.25) is 14.5 Å². The van der Waals surface area contributed by atoms with E-state index in [1.54, 1.807) is 28.0 Å². The van der Waals surface area contributed by atoms with Crippen molar-refractivity contribution in [2.45, 2.75) is 32.9 Å². The molecule has 0 saturated carbocycles. The molecule has 1 N–H and O–H groups in total. The van der Waals surface area contributed by atoms with Crippen molar-refractivity contribution in [2.75, 3.05) is 52.5 Å². The summed E-state index contributed by atoms with van der Waals surface area (Å²) in [5.41, 5.74) is 3.11. The molecular formula is C27H35N3O5. The number of β-amino-alcohol motifs (C(OH)–C–C–N with tert-alkyl or cyclic N) is 1. The second kappa shape index (κ2) is 11.6. The topological polar surface area (TPSA) is 82.6 Å². The first-order valence-corrected chi connectivity index (χ1v) is 12.4. The molecule has 2 aromatic carbocycles. The van der Waals surface area contributed by atoms with E-state index in [2.05, 4.69) is 23.1 Å². The summed E-state index contributed by atoms with van der Waals surface area (Å²) in [6.45, 7) is 8.24. The first-order valence-electron chi connectivity index (χ1n) is 12.4. The molecule has 0 saturated heterocycles. The van der Waals surface area contributed by atoms with Gasteiger partial charge in [0, 0.05) is 45.3 Å². The van der Waals surface area contributed by atoms with E-state index in [0.29, 0.717) is 49.8 Å². The SMILES string of the molecule is CCN(CC)C(=O)COc1ccc2c(c1)OCCN(CC(O)CN1CCc3ccccc3C1)C2=O. The van der Waals surface area contributed by atoms with Crippen molar-refractivity contribution in [1.82, 2.24) is 14.7 Å². The molecule has 35 heavy (non-hydrogen) atoms. The molecule has 8 heteroatoms. The van der Waals surface area contributed by atoms with Crippen LogP contribution in [-0.2, 0) is 17.8 Å². The van der Waals surface area contributed by atoms with Crippen molar-refractivity contribution >= 4 is 11.8 Å². The summed E-state index contributed by atoms with van der Waals surface area (Å²) in [5.74, 6) is 0.661. The minimum absolute atomic E-state index is 0.0618. The van der Waals surface area contributed by atoms with Crippen molar-refractivity contribution in [3.05, 3.63) is 59.2 Å². The van der Waals surface area contributed by atoms with Gasteiger partial charge in [0.2, 0.25) is 0 Å². The van der Waals surface area contributed by atoms with Gasteiger partial charge in [0.1, 0.15) is 18.1 Å². The molecule has 1 unspecified atom stereocenters. The van der Waals surface area contributed by atoms with Crippen LogP contribution in [0, 0.1) is 0 Å². The van der Waals surface area contributed by atoms with Gasteiger partial charge in [-0.25, -0.2) is 0 Å². The van der Waals surface area contributed by atoms with Crippen LogP contribution in [0.15, 0.2) is 42.5 Å². The van der Waals surface area contributed by atoms with Crippen LogP contribution in [0.4, 0.5) is 0 Å². The highest BCUT2D eigenvalue weighted by atomic mass is 16.5. The van der Waals surface area contributed by atoms with Crippen LogP contribution in [0.3, 0.4) is 0 Å². The summed E-state index contributed by atoms with van der Waals surface area (Å²) >= 11 is 0. The van der Waals surface area contributed by atoms with Crippen LogP contribution >= 0.6 is 0 Å². The molecule has 0 fully saturated rings. The predicted molar refractivity (Wildman–Crippen MR) is 133 cm³/mol. The number of ether oxygens (including phenoxy) is 2. The highest BCUT2D eigenvalue weighted by molar-refractivity contribution is 5.97. The molecule has 2 aliphatic rings. The lowest BCUT2D eigenvalue weighted by Crippen LogP contribution is -2.44. The Labute approximate surface area is 207 Å². The summed E-state index contributed by atoms with van der Waals surface area (Å²) in [4.78, 5) is 31.0. The van der Waals surface area contributed by atoms with Crippen molar-refractivity contribution < 1.29 is 24.2 Å². The van der Waals surface area contributed by atoms with Gasteiger partial charge in [-0.1, -0.05) is 24.3 Å². The van der Waals surface area contributed by atoms with Gasteiger partial charge in [0.05, 0.1) is 18.2 Å². The number of carbonyl (C=O) groups excluding carboxylic acids is 2. The number of carbonyl (C=O) groups is 2. The fourth-order valence-corrected chi connectivity index (χ4v) is 4.73. The fraction of sp³-hybridized carbons (Fsp3) is 0.481. The molecule has 8 nitrogen and oxygen atoms in total. The Bertz CT molecular complexity index is 1040. The second-order valence-corrected chi connectivity index (χ2v) is 9.02. The first kappa shape index (κ1) is 25.0. The molecule has 0 aliphatic carbocycles. The number of aliphatic hydroxyl groups excluding tert-OH is 1. The van der Waals surface area contributed by atoms with Gasteiger partial charge in [0.15, 0.2) is 6.61 Å². The maximum absolute atomic E-state index is 13.2. The lowest BCUT2D eigenvalue weighted by Gasteiger charge is -2.32. The third-order valence-corrected chi connectivity index (χ3v) is 6.68. The van der Waals surface area contributed by atoms with Gasteiger partial charge in [0.25, 0.3) is 11.8 Å². The molecule has 2 aromatic rings. The van der Waals surface area contributed by atoms with Crippen LogP contribution in [0.5, 0.6) is 11.5 Å². The lowest BCUT2D eigenvalue weighted by atomic mass is 10.00. The van der Waals surface area contributed by atoms with Crippen LogP contribution < -0.4 is 9.47 Å². The molecule has 2 heterocycles. The quantitative estimate of drug-likeness (QED) is 0.591. The highest BCUT2D eigenvalue weighted by Gasteiger charge is 2.27. The standard InChI is InChI=1S/C27H35N3O5/c1-3-29(4-2)26(32)19-35-23-9-10-24-25(15-23)34-14-13-30(27(24)33)18-22(31)17-28-12-11-20-7-5-6-8-21(20)16-28/h5-10,15,22,31H,3-4,11-14,16-19H2,1-2H3. The van der Waals surface area contributed by atoms with Gasteiger partial charge in [-0.2, -0.15) is 0 Å². The summed E-state index contributed by atoms with van der Waals surface area (Å²) < 4.78 is 11.5. The molecule has 1 atom stereocenters. The van der Waals surface area contributed by atoms with E-state index in [-0.39, 0.29) is 25.0 Å². The number of hydrogen-bond donors (Lipinski definition) is 1. The Morgan fingerprint density at radius 1 is 1.11 bits per heavy atom. The Balaban J connectivity index is 1.34. The van der Waals surface area contributed by atoms with Crippen molar-refractivity contribution in [1.29, 1.82) is 0 Å². The minimum atomic E-state index is -0.653. The summed E-state index contributed by atoms with van der Waals surface area (Å²) in [6.07, 6.45) is 0.317. The normalized spacial score (nSPS) is 16.5. The highest BCUT2D eigenvalue weighted by Crippen LogP contribution is 2.28. The van der Waals surface area contributed by atoms with Crippen LogP contribution in [-0.4, -0.2) is 90.2 Å². The van der Waals surface area contributed by atoms with E-state index in [0.717, 1.165) is 19.5 Å². The van der Waals surface area contributed by atoms with Gasteiger partial charge < -0.3 is 24.4 Å². The fourth-order valence-electron chi connectivity index (χ4n) is 4.73. The summed E-state index contributed by atoms with van der Waals surface area (Å²) in [5, 5.41) is 10.8. The maximum atomic E-state index is 13.2. The summed E-state index contributed by atoms with van der Waals surface area (Å²) in [6, 6.07) is 13.4. The molecule has 4 rings (SSSR count). The Kier molecular flexibility index (Phi) is 8.25. The van der Waals surface area contributed by atoms with Crippen molar-refractivity contribution in [3.63, 3.8) is 0 Å². The number of amides is 2. The van der Waals surface area contributed by atoms with Gasteiger partial charge in [-0.15, -0.1) is 0 Å². The number of hydrogen-bond acceptors (Lipinski definition) is 6. The number of benzene rings is 2. The molecular weight excluding hydrogens is 446 g/mol. The van der Waals surface area contributed by atoms with E-state index in [9.17, 15) is 14.7 Å². The van der Waals surface area contributed by atoms with Gasteiger partial charge in [-0.05, 0) is 43.5 Å². The number of nitrogens with zero attached hydrogens (tertiary/aromatic N) is 3.